The van der Waals surface area contributed by atoms with Gasteiger partial charge >= 0.3 is 0 Å². The summed E-state index contributed by atoms with van der Waals surface area (Å²) in [6.07, 6.45) is 2.64. The minimum Gasteiger partial charge on any atom is -0.371 e. The summed E-state index contributed by atoms with van der Waals surface area (Å²) in [5, 5.41) is 0. The molecule has 0 radical (unpaired) electrons. The lowest BCUT2D eigenvalue weighted by atomic mass is 9.99. The summed E-state index contributed by atoms with van der Waals surface area (Å²) >= 11 is 3.66. The van der Waals surface area contributed by atoms with Crippen molar-refractivity contribution in [3.63, 3.8) is 0 Å². The molecule has 0 N–H and O–H groups in total. The first-order valence-corrected chi connectivity index (χ1v) is 6.47. The van der Waals surface area contributed by atoms with E-state index in [9.17, 15) is 0 Å². The van der Waals surface area contributed by atoms with Gasteiger partial charge in [-0.25, -0.2) is 0 Å². The Labute approximate surface area is 101 Å². The highest BCUT2D eigenvalue weighted by Crippen LogP contribution is 2.30. The minimum absolute atomic E-state index is 0.894. The Morgan fingerprint density at radius 2 is 1.93 bits per heavy atom. The molecule has 2 rings (SSSR count). The second kappa shape index (κ2) is 4.56. The van der Waals surface area contributed by atoms with Crippen molar-refractivity contribution in [2.75, 3.05) is 18.0 Å². The van der Waals surface area contributed by atoms with Gasteiger partial charge < -0.3 is 4.90 Å². The maximum atomic E-state index is 3.66. The molecule has 1 aliphatic heterocycles. The summed E-state index contributed by atoms with van der Waals surface area (Å²) in [4.78, 5) is 2.49. The Kier molecular flexibility index (Phi) is 3.35. The lowest BCUT2D eigenvalue weighted by molar-refractivity contribution is 0.438. The number of rotatable bonds is 1. The van der Waals surface area contributed by atoms with Crippen LogP contribution < -0.4 is 4.90 Å². The van der Waals surface area contributed by atoms with Crippen molar-refractivity contribution in [1.29, 1.82) is 0 Å². The summed E-state index contributed by atoms with van der Waals surface area (Å²) < 4.78 is 1.23. The second-order valence-electron chi connectivity index (χ2n) is 4.62. The van der Waals surface area contributed by atoms with Gasteiger partial charge in [0, 0.05) is 17.6 Å². The molecule has 82 valence electrons. The van der Waals surface area contributed by atoms with Crippen molar-refractivity contribution < 1.29 is 0 Å². The van der Waals surface area contributed by atoms with E-state index < -0.39 is 0 Å². The summed E-state index contributed by atoms with van der Waals surface area (Å²) in [7, 11) is 0. The van der Waals surface area contributed by atoms with Crippen LogP contribution in [-0.2, 0) is 0 Å². The highest BCUT2D eigenvalue weighted by atomic mass is 79.9. The molecule has 1 nitrogen and oxygen atoms in total. The topological polar surface area (TPSA) is 3.24 Å². The van der Waals surface area contributed by atoms with E-state index in [4.69, 9.17) is 0 Å². The minimum atomic E-state index is 0.894. The van der Waals surface area contributed by atoms with Crippen molar-refractivity contribution in [3.8, 4) is 0 Å². The van der Waals surface area contributed by atoms with Crippen LogP contribution in [0.3, 0.4) is 0 Å². The third kappa shape index (κ3) is 2.54. The van der Waals surface area contributed by atoms with E-state index in [1.165, 1.54) is 41.7 Å². The smallest absolute Gasteiger partial charge is 0.0510 e. The molecule has 2 heteroatoms. The first-order valence-electron chi connectivity index (χ1n) is 5.68. The zero-order chi connectivity index (χ0) is 10.8. The predicted octanol–water partition coefficient (Wildman–Crippen LogP) is 3.99. The van der Waals surface area contributed by atoms with E-state index in [1.54, 1.807) is 0 Å². The highest BCUT2D eigenvalue weighted by molar-refractivity contribution is 9.10. The average Bonchev–Trinajstić information content (AvgIpc) is 2.20. The molecule has 1 heterocycles. The highest BCUT2D eigenvalue weighted by Gasteiger charge is 2.17. The third-order valence-electron chi connectivity index (χ3n) is 3.23. The van der Waals surface area contributed by atoms with Crippen LogP contribution in [0, 0.1) is 12.8 Å². The van der Waals surface area contributed by atoms with Crippen LogP contribution in [0.15, 0.2) is 22.7 Å². The van der Waals surface area contributed by atoms with Gasteiger partial charge in [0.25, 0.3) is 0 Å². The van der Waals surface area contributed by atoms with Crippen LogP contribution in [0.4, 0.5) is 5.69 Å². The van der Waals surface area contributed by atoms with E-state index in [0.717, 1.165) is 5.92 Å². The van der Waals surface area contributed by atoms with Crippen molar-refractivity contribution >= 4 is 21.6 Å². The third-order valence-corrected chi connectivity index (χ3v) is 3.86. The summed E-state index contributed by atoms with van der Waals surface area (Å²) in [5.74, 6) is 0.894. The molecule has 15 heavy (non-hydrogen) atoms. The largest absolute Gasteiger partial charge is 0.371 e. The van der Waals surface area contributed by atoms with Gasteiger partial charge in [0.2, 0.25) is 0 Å². The number of halogens is 1. The lowest BCUT2D eigenvalue weighted by Gasteiger charge is -2.32. The van der Waals surface area contributed by atoms with Gasteiger partial charge in [-0.15, -0.1) is 0 Å². The first kappa shape index (κ1) is 11.0. The van der Waals surface area contributed by atoms with Crippen molar-refractivity contribution in [2.24, 2.45) is 5.92 Å². The van der Waals surface area contributed by atoms with Crippen molar-refractivity contribution in [1.82, 2.24) is 0 Å². The summed E-state index contributed by atoms with van der Waals surface area (Å²) in [5.41, 5.74) is 2.67. The Morgan fingerprint density at radius 3 is 2.53 bits per heavy atom. The lowest BCUT2D eigenvalue weighted by Crippen LogP contribution is -2.32. The Bertz CT molecular complexity index is 340. The van der Waals surface area contributed by atoms with Crippen LogP contribution in [-0.4, -0.2) is 13.1 Å². The van der Waals surface area contributed by atoms with Crippen LogP contribution in [0.1, 0.15) is 25.3 Å². The number of benzene rings is 1. The molecule has 0 spiro atoms. The number of hydrogen-bond donors (Lipinski definition) is 0. The molecule has 1 aliphatic rings. The maximum Gasteiger partial charge on any atom is 0.0510 e. The zero-order valence-corrected chi connectivity index (χ0v) is 11.0. The Hall–Kier alpha value is -0.500. The zero-order valence-electron chi connectivity index (χ0n) is 9.46. The van der Waals surface area contributed by atoms with E-state index >= 15 is 0 Å². The first-order chi connectivity index (χ1) is 7.16. The van der Waals surface area contributed by atoms with Crippen molar-refractivity contribution in [2.45, 2.75) is 26.7 Å². The van der Waals surface area contributed by atoms with Crippen molar-refractivity contribution in [3.05, 3.63) is 28.2 Å². The predicted molar refractivity (Wildman–Crippen MR) is 69.5 cm³/mol. The van der Waals surface area contributed by atoms with Crippen LogP contribution >= 0.6 is 15.9 Å². The molecule has 1 aromatic carbocycles. The molecule has 1 aromatic rings. The normalized spacial score (nSPS) is 18.2. The van der Waals surface area contributed by atoms with Crippen LogP contribution in [0.25, 0.3) is 0 Å². The van der Waals surface area contributed by atoms with Gasteiger partial charge in [-0.2, -0.15) is 0 Å². The Balaban J connectivity index is 2.15. The van der Waals surface area contributed by atoms with Gasteiger partial charge in [-0.1, -0.05) is 13.0 Å². The molecule has 0 unspecified atom stereocenters. The van der Waals surface area contributed by atoms with Gasteiger partial charge in [0.05, 0.1) is 5.69 Å². The number of hydrogen-bond acceptors (Lipinski definition) is 1. The molecule has 0 atom stereocenters. The maximum absolute atomic E-state index is 3.66. The number of nitrogens with zero attached hydrogens (tertiary/aromatic N) is 1. The van der Waals surface area contributed by atoms with E-state index in [2.05, 4.69) is 52.9 Å². The van der Waals surface area contributed by atoms with E-state index in [0.29, 0.717) is 0 Å². The number of piperidine rings is 1. The Morgan fingerprint density at radius 1 is 1.27 bits per heavy atom. The van der Waals surface area contributed by atoms with Crippen LogP contribution in [0.5, 0.6) is 0 Å². The van der Waals surface area contributed by atoms with E-state index in [1.807, 2.05) is 0 Å². The molecule has 0 bridgehead atoms. The summed E-state index contributed by atoms with van der Waals surface area (Å²) in [6, 6.07) is 6.63. The fourth-order valence-corrected chi connectivity index (χ4v) is 2.86. The molecular weight excluding hydrogens is 250 g/mol. The van der Waals surface area contributed by atoms with Gasteiger partial charge in [-0.3, -0.25) is 0 Å². The van der Waals surface area contributed by atoms with Gasteiger partial charge in [0.1, 0.15) is 0 Å². The summed E-state index contributed by atoms with van der Waals surface area (Å²) in [6.45, 7) is 6.87. The van der Waals surface area contributed by atoms with Gasteiger partial charge in [-0.05, 0) is 59.3 Å². The van der Waals surface area contributed by atoms with Gasteiger partial charge in [0.15, 0.2) is 0 Å². The number of aryl methyl sites for hydroxylation is 1. The van der Waals surface area contributed by atoms with E-state index in [-0.39, 0.29) is 0 Å². The van der Waals surface area contributed by atoms with Crippen LogP contribution in [0.2, 0.25) is 0 Å². The molecule has 0 aromatic heterocycles. The number of anilines is 1. The average molecular weight is 268 g/mol. The molecule has 0 aliphatic carbocycles. The monoisotopic (exact) mass is 267 g/mol. The SMILES string of the molecule is Cc1ccc(N2CCC(C)CC2)c(Br)c1. The molecule has 0 saturated carbocycles. The second-order valence-corrected chi connectivity index (χ2v) is 5.48. The molecule has 0 amide bonds. The quantitative estimate of drug-likeness (QED) is 0.744. The molecular formula is C13H18BrN. The molecule has 1 fully saturated rings. The standard InChI is InChI=1S/C13H18BrN/c1-10-5-7-15(8-6-10)13-4-3-11(2)9-12(13)14/h3-4,9-10H,5-8H2,1-2H3. The fraction of sp³-hybridized carbons (Fsp3) is 0.538. The molecule has 1 saturated heterocycles. The fourth-order valence-electron chi connectivity index (χ4n) is 2.12.